The normalized spacial score (nSPS) is 24.1. The molecule has 0 aliphatic carbocycles. The zero-order valence-corrected chi connectivity index (χ0v) is 10.7. The Morgan fingerprint density at radius 3 is 2.62 bits per heavy atom. The quantitative estimate of drug-likeness (QED) is 0.708. The largest absolute Gasteiger partial charge is 0.353 e. The van der Waals surface area contributed by atoms with Gasteiger partial charge in [-0.05, 0) is 13.8 Å². The molecule has 0 radical (unpaired) electrons. The van der Waals surface area contributed by atoms with Crippen LogP contribution in [-0.4, -0.2) is 41.9 Å². The van der Waals surface area contributed by atoms with Gasteiger partial charge in [-0.15, -0.1) is 12.4 Å². The lowest BCUT2D eigenvalue weighted by atomic mass is 10.0. The number of carbonyl (C=O) groups is 2. The summed E-state index contributed by atoms with van der Waals surface area (Å²) >= 11 is 0. The molecule has 3 N–H and O–H groups in total. The highest BCUT2D eigenvalue weighted by atomic mass is 35.5. The van der Waals surface area contributed by atoms with Gasteiger partial charge in [-0.3, -0.25) is 9.59 Å². The second-order valence-electron chi connectivity index (χ2n) is 4.15. The van der Waals surface area contributed by atoms with E-state index in [1.807, 2.05) is 0 Å². The molecule has 3 atom stereocenters. The van der Waals surface area contributed by atoms with Gasteiger partial charge in [-0.1, -0.05) is 6.92 Å². The molecule has 0 aromatic carbocycles. The van der Waals surface area contributed by atoms with Crippen molar-refractivity contribution in [3.05, 3.63) is 0 Å². The fourth-order valence-electron chi connectivity index (χ4n) is 1.57. The van der Waals surface area contributed by atoms with E-state index in [0.717, 1.165) is 0 Å². The van der Waals surface area contributed by atoms with Gasteiger partial charge in [0.15, 0.2) is 0 Å². The second-order valence-corrected chi connectivity index (χ2v) is 4.15. The summed E-state index contributed by atoms with van der Waals surface area (Å²) < 4.78 is 0. The first-order chi connectivity index (χ1) is 6.95. The maximum atomic E-state index is 12.0. The Morgan fingerprint density at radius 1 is 1.56 bits per heavy atom. The van der Waals surface area contributed by atoms with E-state index in [-0.39, 0.29) is 42.2 Å². The minimum absolute atomic E-state index is 0. The van der Waals surface area contributed by atoms with Crippen LogP contribution in [-0.2, 0) is 9.59 Å². The highest BCUT2D eigenvalue weighted by Gasteiger charge is 2.32. The van der Waals surface area contributed by atoms with Gasteiger partial charge in [-0.2, -0.15) is 0 Å². The molecule has 94 valence electrons. The molecule has 1 saturated heterocycles. The Labute approximate surface area is 102 Å². The molecule has 0 spiro atoms. The summed E-state index contributed by atoms with van der Waals surface area (Å²) in [6, 6.07) is -0.567. The number of nitrogens with one attached hydrogen (secondary N) is 1. The maximum Gasteiger partial charge on any atom is 0.242 e. The van der Waals surface area contributed by atoms with Gasteiger partial charge in [0.05, 0.1) is 5.92 Å². The number of amides is 2. The first kappa shape index (κ1) is 15.2. The number of rotatable bonds is 2. The van der Waals surface area contributed by atoms with Crippen LogP contribution in [0.2, 0.25) is 0 Å². The molecule has 16 heavy (non-hydrogen) atoms. The maximum absolute atomic E-state index is 12.0. The van der Waals surface area contributed by atoms with E-state index in [9.17, 15) is 9.59 Å². The molecule has 1 fully saturated rings. The fourth-order valence-corrected chi connectivity index (χ4v) is 1.57. The Morgan fingerprint density at radius 2 is 2.12 bits per heavy atom. The lowest BCUT2D eigenvalue weighted by molar-refractivity contribution is -0.145. The molecule has 1 rings (SSSR count). The average molecular weight is 250 g/mol. The zero-order chi connectivity index (χ0) is 11.6. The van der Waals surface area contributed by atoms with Crippen molar-refractivity contribution < 1.29 is 9.59 Å². The molecular formula is C10H20ClN3O2. The molecule has 5 nitrogen and oxygen atoms in total. The molecule has 1 heterocycles. The van der Waals surface area contributed by atoms with Gasteiger partial charge in [0.25, 0.3) is 0 Å². The Hall–Kier alpha value is -0.810. The van der Waals surface area contributed by atoms with Gasteiger partial charge in [0.1, 0.15) is 6.04 Å². The molecule has 6 heteroatoms. The van der Waals surface area contributed by atoms with Crippen LogP contribution < -0.4 is 11.1 Å². The molecule has 2 amide bonds. The summed E-state index contributed by atoms with van der Waals surface area (Å²) in [4.78, 5) is 24.9. The van der Waals surface area contributed by atoms with Gasteiger partial charge < -0.3 is 16.0 Å². The topological polar surface area (TPSA) is 75.4 Å². The fraction of sp³-hybridized carbons (Fsp3) is 0.800. The minimum atomic E-state index is -0.382. The number of carbonyl (C=O) groups excluding carboxylic acids is 2. The summed E-state index contributed by atoms with van der Waals surface area (Å²) in [7, 11) is 0. The van der Waals surface area contributed by atoms with Crippen molar-refractivity contribution in [1.29, 1.82) is 0 Å². The summed E-state index contributed by atoms with van der Waals surface area (Å²) in [6.07, 6.45) is 0. The molecule has 0 aromatic heterocycles. The van der Waals surface area contributed by atoms with Gasteiger partial charge in [0, 0.05) is 19.1 Å². The van der Waals surface area contributed by atoms with Crippen LogP contribution >= 0.6 is 12.4 Å². The van der Waals surface area contributed by atoms with Crippen LogP contribution in [0, 0.1) is 5.92 Å². The third-order valence-electron chi connectivity index (χ3n) is 2.96. The smallest absolute Gasteiger partial charge is 0.242 e. The third kappa shape index (κ3) is 3.09. The molecular weight excluding hydrogens is 230 g/mol. The van der Waals surface area contributed by atoms with Crippen LogP contribution in [0.25, 0.3) is 0 Å². The average Bonchev–Trinajstić information content (AvgIpc) is 2.20. The van der Waals surface area contributed by atoms with E-state index in [1.165, 1.54) is 0 Å². The van der Waals surface area contributed by atoms with E-state index in [2.05, 4.69) is 5.32 Å². The number of halogens is 1. The minimum Gasteiger partial charge on any atom is -0.353 e. The Bertz CT molecular complexity index is 271. The van der Waals surface area contributed by atoms with Crippen molar-refractivity contribution in [2.75, 3.05) is 13.1 Å². The summed E-state index contributed by atoms with van der Waals surface area (Å²) in [5, 5.41) is 2.72. The number of nitrogens with zero attached hydrogens (tertiary/aromatic N) is 1. The second kappa shape index (κ2) is 6.06. The molecule has 0 aromatic rings. The van der Waals surface area contributed by atoms with Crippen molar-refractivity contribution >= 4 is 24.2 Å². The van der Waals surface area contributed by atoms with E-state index in [0.29, 0.717) is 13.1 Å². The monoisotopic (exact) mass is 249 g/mol. The van der Waals surface area contributed by atoms with Crippen molar-refractivity contribution in [3.63, 3.8) is 0 Å². The number of nitrogens with two attached hydrogens (primary N) is 1. The molecule has 3 unspecified atom stereocenters. The highest BCUT2D eigenvalue weighted by Crippen LogP contribution is 2.11. The third-order valence-corrected chi connectivity index (χ3v) is 2.96. The summed E-state index contributed by atoms with van der Waals surface area (Å²) in [6.45, 7) is 6.44. The molecule has 1 aliphatic rings. The lowest BCUT2D eigenvalue weighted by Crippen LogP contribution is -2.58. The summed E-state index contributed by atoms with van der Waals surface area (Å²) in [5.41, 5.74) is 5.68. The van der Waals surface area contributed by atoms with Crippen LogP contribution in [0.5, 0.6) is 0 Å². The van der Waals surface area contributed by atoms with Gasteiger partial charge in [0.2, 0.25) is 11.8 Å². The molecule has 1 aliphatic heterocycles. The van der Waals surface area contributed by atoms with E-state index in [4.69, 9.17) is 5.73 Å². The SMILES string of the molecule is CC(N)C(C)C(=O)N1CCNC(=O)C1C.Cl. The van der Waals surface area contributed by atoms with Crippen molar-refractivity contribution in [2.45, 2.75) is 32.9 Å². The zero-order valence-electron chi connectivity index (χ0n) is 9.90. The van der Waals surface area contributed by atoms with Crippen LogP contribution in [0.4, 0.5) is 0 Å². The van der Waals surface area contributed by atoms with Crippen LogP contribution in [0.1, 0.15) is 20.8 Å². The van der Waals surface area contributed by atoms with Gasteiger partial charge in [-0.25, -0.2) is 0 Å². The predicted octanol–water partition coefficient (Wildman–Crippen LogP) is -0.262. The Balaban J connectivity index is 0.00000225. The highest BCUT2D eigenvalue weighted by molar-refractivity contribution is 5.89. The van der Waals surface area contributed by atoms with Crippen LogP contribution in [0.3, 0.4) is 0 Å². The molecule has 0 saturated carbocycles. The standard InChI is InChI=1S/C10H19N3O2.ClH/c1-6(7(2)11)10(15)13-5-4-12-9(14)8(13)3;/h6-8H,4-5,11H2,1-3H3,(H,12,14);1H. The summed E-state index contributed by atoms with van der Waals surface area (Å²) in [5.74, 6) is -0.364. The van der Waals surface area contributed by atoms with Crippen molar-refractivity contribution in [1.82, 2.24) is 10.2 Å². The number of piperazine rings is 1. The molecule has 0 bridgehead atoms. The van der Waals surface area contributed by atoms with Crippen LogP contribution in [0.15, 0.2) is 0 Å². The predicted molar refractivity (Wildman–Crippen MR) is 64.2 cm³/mol. The van der Waals surface area contributed by atoms with Crippen molar-refractivity contribution in [3.8, 4) is 0 Å². The first-order valence-electron chi connectivity index (χ1n) is 5.29. The first-order valence-corrected chi connectivity index (χ1v) is 5.29. The lowest BCUT2D eigenvalue weighted by Gasteiger charge is -2.35. The van der Waals surface area contributed by atoms with E-state index < -0.39 is 0 Å². The number of hydrogen-bond donors (Lipinski definition) is 2. The van der Waals surface area contributed by atoms with E-state index >= 15 is 0 Å². The van der Waals surface area contributed by atoms with Gasteiger partial charge >= 0.3 is 0 Å². The number of hydrogen-bond acceptors (Lipinski definition) is 3. The van der Waals surface area contributed by atoms with E-state index in [1.54, 1.807) is 25.7 Å². The van der Waals surface area contributed by atoms with Crippen molar-refractivity contribution in [2.24, 2.45) is 11.7 Å². The Kier molecular flexibility index (Phi) is 5.75.